The number of aliphatic hydroxyl groups excluding tert-OH is 1. The zero-order valence-corrected chi connectivity index (χ0v) is 25.8. The molecule has 3 rings (SSSR count). The number of epoxide rings is 1. The summed E-state index contributed by atoms with van der Waals surface area (Å²) >= 11 is 0. The fourth-order valence-electron chi connectivity index (χ4n) is 5.39. The molecule has 3 amide bonds. The van der Waals surface area contributed by atoms with E-state index >= 15 is 0 Å². The highest BCUT2D eigenvalue weighted by Gasteiger charge is 2.58. The summed E-state index contributed by atoms with van der Waals surface area (Å²) < 4.78 is 23.0. The maximum Gasteiger partial charge on any atom is 0.314 e. The zero-order chi connectivity index (χ0) is 30.9. The number of aliphatic hydroxyl groups is 1. The third-order valence-electron chi connectivity index (χ3n) is 7.95. The van der Waals surface area contributed by atoms with E-state index in [9.17, 15) is 19.5 Å². The van der Waals surface area contributed by atoms with Crippen LogP contribution in [0.3, 0.4) is 0 Å². The lowest BCUT2D eigenvalue weighted by Gasteiger charge is -2.39. The van der Waals surface area contributed by atoms with Gasteiger partial charge in [0.1, 0.15) is 23.9 Å². The molecule has 236 valence electrons. The van der Waals surface area contributed by atoms with E-state index in [4.69, 9.17) is 18.9 Å². The van der Waals surface area contributed by atoms with Crippen LogP contribution in [0.2, 0.25) is 0 Å². The lowest BCUT2D eigenvalue weighted by molar-refractivity contribution is -0.143. The summed E-state index contributed by atoms with van der Waals surface area (Å²) in [6.07, 6.45) is 9.52. The summed E-state index contributed by atoms with van der Waals surface area (Å²) in [5.74, 6) is -0.417. The van der Waals surface area contributed by atoms with Crippen LogP contribution in [-0.2, 0) is 28.5 Å². The Morgan fingerprint density at radius 2 is 1.88 bits per heavy atom. The number of carbonyl (C=O) groups is 3. The second kappa shape index (κ2) is 15.7. The number of ether oxygens (including phenoxy) is 4. The zero-order valence-electron chi connectivity index (χ0n) is 25.8. The highest BCUT2D eigenvalue weighted by Crippen LogP contribution is 2.42. The Morgan fingerprint density at radius 1 is 1.14 bits per heavy atom. The third kappa shape index (κ3) is 10.2. The molecule has 9 atom stereocenters. The van der Waals surface area contributed by atoms with Crippen molar-refractivity contribution < 1.29 is 38.4 Å². The van der Waals surface area contributed by atoms with E-state index in [1.54, 1.807) is 13.0 Å². The average Bonchev–Trinajstić information content (AvgIpc) is 3.71. The van der Waals surface area contributed by atoms with Gasteiger partial charge in [0, 0.05) is 32.5 Å². The van der Waals surface area contributed by atoms with Gasteiger partial charge in [0.2, 0.25) is 5.91 Å². The molecule has 3 fully saturated rings. The van der Waals surface area contributed by atoms with E-state index in [1.165, 1.54) is 13.0 Å². The van der Waals surface area contributed by atoms with Gasteiger partial charge in [0.15, 0.2) is 0 Å². The molecule has 1 spiro atoms. The first-order valence-corrected chi connectivity index (χ1v) is 15.1. The number of hydrogen-bond acceptors (Lipinski definition) is 8. The molecular weight excluding hydrogens is 542 g/mol. The van der Waals surface area contributed by atoms with Crippen molar-refractivity contribution in [3.63, 3.8) is 0 Å². The number of allylic oxidation sites excluding steroid dienone is 2. The minimum absolute atomic E-state index is 0.00463. The highest BCUT2D eigenvalue weighted by molar-refractivity contribution is 5.87. The molecule has 3 heterocycles. The van der Waals surface area contributed by atoms with Crippen LogP contribution in [-0.4, -0.2) is 91.0 Å². The number of rotatable bonds is 12. The molecule has 0 aliphatic carbocycles. The minimum Gasteiger partial charge on any atom is -0.459 e. The molecule has 3 saturated heterocycles. The fraction of sp³-hybridized carbons (Fsp3) is 0.710. The molecule has 0 bridgehead atoms. The van der Waals surface area contributed by atoms with E-state index < -0.39 is 29.9 Å². The van der Waals surface area contributed by atoms with Gasteiger partial charge in [-0.3, -0.25) is 9.59 Å². The monoisotopic (exact) mass is 591 g/mol. The first-order chi connectivity index (χ1) is 19.9. The number of esters is 1. The molecule has 1 unspecified atom stereocenters. The van der Waals surface area contributed by atoms with Crippen LogP contribution in [0.4, 0.5) is 4.79 Å². The first-order valence-electron chi connectivity index (χ1n) is 15.1. The Balaban J connectivity index is 1.48. The summed E-state index contributed by atoms with van der Waals surface area (Å²) in [4.78, 5) is 35.4. The summed E-state index contributed by atoms with van der Waals surface area (Å²) in [6, 6.07) is -0.349. The molecular formula is C31H49N3O8. The van der Waals surface area contributed by atoms with Crippen molar-refractivity contribution in [3.8, 4) is 0 Å². The standard InChI is InChI=1S/C31H49N3O8/c1-7-14-32-30(38)33-17-24-16-31(18-39-31)29(37)27(42-24)12-9-19(2)8-11-26-20(3)15-25(22(5)41-26)34-28(36)13-10-21(4)40-23(6)35/h8-10,12-13,20-22,24-27,29,37H,7,11,14-18H2,1-6H3,(H,34,36)(H2,32,33,38)/b12-9+,13-10-,19-8+/t20-,21-,22+,24-,25+,26-,27+,29+,31?/m0/s1. The topological polar surface area (TPSA) is 148 Å². The van der Waals surface area contributed by atoms with E-state index in [-0.39, 0.29) is 42.2 Å². The second-order valence-electron chi connectivity index (χ2n) is 11.8. The van der Waals surface area contributed by atoms with Crippen molar-refractivity contribution in [2.24, 2.45) is 5.92 Å². The van der Waals surface area contributed by atoms with Crippen molar-refractivity contribution in [2.75, 3.05) is 19.7 Å². The van der Waals surface area contributed by atoms with Crippen LogP contribution in [0.25, 0.3) is 0 Å². The molecule has 3 aliphatic heterocycles. The molecule has 3 aliphatic rings. The molecule has 4 N–H and O–H groups in total. The molecule has 11 nitrogen and oxygen atoms in total. The van der Waals surface area contributed by atoms with Gasteiger partial charge in [-0.15, -0.1) is 0 Å². The number of hydrogen-bond donors (Lipinski definition) is 4. The first kappa shape index (κ1) is 33.8. The van der Waals surface area contributed by atoms with Gasteiger partial charge in [-0.25, -0.2) is 4.79 Å². The fourth-order valence-corrected chi connectivity index (χ4v) is 5.39. The predicted molar refractivity (Wildman–Crippen MR) is 158 cm³/mol. The van der Waals surface area contributed by atoms with Gasteiger partial charge < -0.3 is 40.0 Å². The average molecular weight is 592 g/mol. The minimum atomic E-state index is -0.777. The van der Waals surface area contributed by atoms with Gasteiger partial charge >= 0.3 is 12.0 Å². The van der Waals surface area contributed by atoms with Crippen molar-refractivity contribution in [1.29, 1.82) is 0 Å². The Hall–Kier alpha value is -2.73. The molecule has 0 saturated carbocycles. The Morgan fingerprint density at radius 3 is 2.55 bits per heavy atom. The van der Waals surface area contributed by atoms with Crippen LogP contribution in [0.1, 0.15) is 67.2 Å². The molecule has 0 aromatic carbocycles. The Kier molecular flexibility index (Phi) is 12.6. The maximum absolute atomic E-state index is 12.4. The lowest BCUT2D eigenvalue weighted by Crippen LogP contribution is -2.53. The molecule has 0 aromatic rings. The van der Waals surface area contributed by atoms with Crippen molar-refractivity contribution in [3.05, 3.63) is 36.0 Å². The van der Waals surface area contributed by atoms with E-state index in [1.807, 2.05) is 32.9 Å². The molecule has 42 heavy (non-hydrogen) atoms. The molecule has 0 aromatic heterocycles. The maximum atomic E-state index is 12.4. The van der Waals surface area contributed by atoms with Crippen molar-refractivity contribution in [1.82, 2.24) is 16.0 Å². The summed E-state index contributed by atoms with van der Waals surface area (Å²) in [5.41, 5.74) is 0.405. The number of carbonyl (C=O) groups excluding carboxylic acids is 3. The van der Waals surface area contributed by atoms with Crippen molar-refractivity contribution in [2.45, 2.75) is 115 Å². The van der Waals surface area contributed by atoms with Crippen LogP contribution in [0, 0.1) is 5.92 Å². The largest absolute Gasteiger partial charge is 0.459 e. The second-order valence-corrected chi connectivity index (χ2v) is 11.8. The number of urea groups is 1. The molecule has 0 radical (unpaired) electrons. The number of nitrogens with one attached hydrogen (secondary N) is 3. The summed E-state index contributed by atoms with van der Waals surface area (Å²) in [5, 5.41) is 19.5. The normalized spacial score (nSPS) is 33.9. The van der Waals surface area contributed by atoms with Crippen LogP contribution in [0.15, 0.2) is 36.0 Å². The van der Waals surface area contributed by atoms with Crippen molar-refractivity contribution >= 4 is 17.9 Å². The van der Waals surface area contributed by atoms with E-state index in [0.717, 1.165) is 18.4 Å². The van der Waals surface area contributed by atoms with Crippen LogP contribution >= 0.6 is 0 Å². The van der Waals surface area contributed by atoms with E-state index in [2.05, 4.69) is 29.0 Å². The quantitative estimate of drug-likeness (QED) is 0.117. The highest BCUT2D eigenvalue weighted by atomic mass is 16.6. The Labute approximate surface area is 249 Å². The summed E-state index contributed by atoms with van der Waals surface area (Å²) in [7, 11) is 0. The SMILES string of the molecule is CCCNC(=O)NC[C@@H]1CC2(CO2)[C@H](O)[C@@H](/C=C/C(C)=C/C[C@@H]2O[C@H](C)[C@H](NC(=O)/C=C\[C@H](C)OC(C)=O)C[C@@H]2C)O1. The van der Waals surface area contributed by atoms with Gasteiger partial charge in [0.25, 0.3) is 0 Å². The molecule has 11 heteroatoms. The number of amides is 3. The van der Waals surface area contributed by atoms with Gasteiger partial charge in [-0.1, -0.05) is 37.6 Å². The smallest absolute Gasteiger partial charge is 0.314 e. The van der Waals surface area contributed by atoms with E-state index in [0.29, 0.717) is 32.5 Å². The van der Waals surface area contributed by atoms with Crippen LogP contribution < -0.4 is 16.0 Å². The lowest BCUT2D eigenvalue weighted by atomic mass is 9.87. The Bertz CT molecular complexity index is 1020. The van der Waals surface area contributed by atoms with Crippen LogP contribution in [0.5, 0.6) is 0 Å². The van der Waals surface area contributed by atoms with Gasteiger partial charge in [-0.2, -0.15) is 0 Å². The van der Waals surface area contributed by atoms with Gasteiger partial charge in [-0.05, 0) is 52.0 Å². The van der Waals surface area contributed by atoms with Gasteiger partial charge in [0.05, 0.1) is 31.0 Å². The predicted octanol–water partition coefficient (Wildman–Crippen LogP) is 2.68. The summed E-state index contributed by atoms with van der Waals surface area (Å²) in [6.45, 7) is 12.5. The third-order valence-corrected chi connectivity index (χ3v) is 7.95.